The van der Waals surface area contributed by atoms with Crippen LogP contribution >= 0.6 is 27.5 Å². The third-order valence-electron chi connectivity index (χ3n) is 3.72. The Morgan fingerprint density at radius 3 is 2.69 bits per heavy atom. The van der Waals surface area contributed by atoms with Crippen molar-refractivity contribution >= 4 is 38.6 Å². The lowest BCUT2D eigenvalue weighted by Gasteiger charge is -2.08. The number of benzene rings is 2. The minimum atomic E-state index is -0.350. The number of hydrogen-bond donors (Lipinski definition) is 0. The molecule has 8 heteroatoms. The quantitative estimate of drug-likeness (QED) is 0.427. The molecule has 0 aliphatic heterocycles. The van der Waals surface area contributed by atoms with E-state index in [9.17, 15) is 4.39 Å². The molecule has 4 rings (SSSR count). The van der Waals surface area contributed by atoms with E-state index in [-0.39, 0.29) is 11.1 Å². The molecule has 5 nitrogen and oxygen atoms in total. The number of halogens is 3. The third kappa shape index (κ3) is 3.27. The average molecular weight is 434 g/mol. The van der Waals surface area contributed by atoms with Gasteiger partial charge >= 0.3 is 0 Å². The van der Waals surface area contributed by atoms with Crippen LogP contribution < -0.4 is 4.74 Å². The van der Waals surface area contributed by atoms with Crippen LogP contribution in [0.1, 0.15) is 5.56 Å². The summed E-state index contributed by atoms with van der Waals surface area (Å²) in [5, 5.41) is 4.99. The van der Waals surface area contributed by atoms with Crippen LogP contribution in [0.5, 0.6) is 5.88 Å². The first-order valence-corrected chi connectivity index (χ1v) is 8.82. The van der Waals surface area contributed by atoms with Crippen LogP contribution in [0.3, 0.4) is 0 Å². The van der Waals surface area contributed by atoms with Crippen molar-refractivity contribution in [2.45, 2.75) is 6.61 Å². The lowest BCUT2D eigenvalue weighted by Crippen LogP contribution is -2.02. The van der Waals surface area contributed by atoms with Gasteiger partial charge in [0.25, 0.3) is 0 Å². The lowest BCUT2D eigenvalue weighted by atomic mass is 10.2. The summed E-state index contributed by atoms with van der Waals surface area (Å²) < 4.78 is 21.3. The Hall–Kier alpha value is -2.51. The number of fused-ring (bicyclic) bond motifs is 1. The molecule has 26 heavy (non-hydrogen) atoms. The van der Waals surface area contributed by atoms with Crippen molar-refractivity contribution in [3.05, 3.63) is 75.9 Å². The van der Waals surface area contributed by atoms with Gasteiger partial charge in [0.1, 0.15) is 17.8 Å². The molecule has 0 saturated heterocycles. The van der Waals surface area contributed by atoms with Gasteiger partial charge in [-0.2, -0.15) is 15.1 Å². The number of hydrogen-bond acceptors (Lipinski definition) is 4. The third-order valence-corrected chi connectivity index (χ3v) is 4.53. The maximum absolute atomic E-state index is 13.4. The van der Waals surface area contributed by atoms with Gasteiger partial charge in [-0.25, -0.2) is 9.07 Å². The van der Waals surface area contributed by atoms with E-state index in [2.05, 4.69) is 31.0 Å². The summed E-state index contributed by atoms with van der Waals surface area (Å²) in [6.07, 6.45) is 1.60. The zero-order chi connectivity index (χ0) is 18.1. The van der Waals surface area contributed by atoms with Gasteiger partial charge in [0.2, 0.25) is 11.2 Å². The summed E-state index contributed by atoms with van der Waals surface area (Å²) in [5.41, 5.74) is 2.11. The van der Waals surface area contributed by atoms with Gasteiger partial charge in [-0.05, 0) is 51.3 Å². The summed E-state index contributed by atoms with van der Waals surface area (Å²) >= 11 is 9.42. The molecule has 0 aliphatic carbocycles. The number of nitrogens with zero attached hydrogens (tertiary/aromatic N) is 4. The van der Waals surface area contributed by atoms with Crippen molar-refractivity contribution in [1.29, 1.82) is 0 Å². The van der Waals surface area contributed by atoms with Gasteiger partial charge in [-0.1, -0.05) is 30.3 Å². The predicted octanol–water partition coefficient (Wildman–Crippen LogP) is 4.95. The summed E-state index contributed by atoms with van der Waals surface area (Å²) in [6.45, 7) is 0.342. The van der Waals surface area contributed by atoms with Crippen LogP contribution in [-0.2, 0) is 6.61 Å². The lowest BCUT2D eigenvalue weighted by molar-refractivity contribution is 0.297. The van der Waals surface area contributed by atoms with Crippen molar-refractivity contribution in [3.8, 4) is 11.6 Å². The second-order valence-electron chi connectivity index (χ2n) is 5.46. The first-order chi connectivity index (χ1) is 12.6. The van der Waals surface area contributed by atoms with Crippen LogP contribution in [0.25, 0.3) is 16.7 Å². The Bertz CT molecular complexity index is 1090. The molecule has 2 aromatic carbocycles. The van der Waals surface area contributed by atoms with E-state index < -0.39 is 0 Å². The van der Waals surface area contributed by atoms with Gasteiger partial charge in [-0.3, -0.25) is 0 Å². The average Bonchev–Trinajstić information content (AvgIpc) is 3.04. The minimum absolute atomic E-state index is 0.0422. The molecule has 0 radical (unpaired) electrons. The summed E-state index contributed by atoms with van der Waals surface area (Å²) in [6, 6.07) is 14.0. The fourth-order valence-corrected chi connectivity index (χ4v) is 3.20. The van der Waals surface area contributed by atoms with E-state index in [0.29, 0.717) is 33.7 Å². The van der Waals surface area contributed by atoms with E-state index in [4.69, 9.17) is 16.3 Å². The van der Waals surface area contributed by atoms with Crippen LogP contribution in [0.2, 0.25) is 5.28 Å². The van der Waals surface area contributed by atoms with Crippen molar-refractivity contribution in [3.63, 3.8) is 0 Å². The molecule has 2 aromatic heterocycles. The molecular formula is C18H11BrClFN4O. The van der Waals surface area contributed by atoms with Crippen LogP contribution in [-0.4, -0.2) is 19.7 Å². The molecule has 4 aromatic rings. The van der Waals surface area contributed by atoms with Gasteiger partial charge in [0.05, 0.1) is 11.9 Å². The second kappa shape index (κ2) is 7.01. The Kier molecular flexibility index (Phi) is 4.57. The van der Waals surface area contributed by atoms with E-state index >= 15 is 0 Å². The van der Waals surface area contributed by atoms with Crippen molar-refractivity contribution < 1.29 is 9.13 Å². The first-order valence-electron chi connectivity index (χ1n) is 7.65. The minimum Gasteiger partial charge on any atom is -0.472 e. The zero-order valence-electron chi connectivity index (χ0n) is 13.2. The molecule has 0 spiro atoms. The van der Waals surface area contributed by atoms with Gasteiger partial charge < -0.3 is 4.74 Å². The fraction of sp³-hybridized carbons (Fsp3) is 0.0556. The maximum atomic E-state index is 13.4. The van der Waals surface area contributed by atoms with Crippen LogP contribution in [0.4, 0.5) is 4.39 Å². The predicted molar refractivity (Wildman–Crippen MR) is 100 cm³/mol. The molecule has 0 atom stereocenters. The fourth-order valence-electron chi connectivity index (χ4n) is 2.52. The van der Waals surface area contributed by atoms with E-state index in [1.165, 1.54) is 12.1 Å². The molecule has 0 aliphatic rings. The van der Waals surface area contributed by atoms with Crippen LogP contribution in [0, 0.1) is 5.82 Å². The highest BCUT2D eigenvalue weighted by molar-refractivity contribution is 9.10. The van der Waals surface area contributed by atoms with Crippen molar-refractivity contribution in [2.75, 3.05) is 0 Å². The van der Waals surface area contributed by atoms with E-state index in [1.54, 1.807) is 16.9 Å². The normalized spacial score (nSPS) is 11.0. The van der Waals surface area contributed by atoms with Crippen LogP contribution in [0.15, 0.2) is 59.2 Å². The first kappa shape index (κ1) is 16.9. The molecule has 0 unspecified atom stereocenters. The summed E-state index contributed by atoms with van der Waals surface area (Å²) in [4.78, 5) is 8.42. The van der Waals surface area contributed by atoms with Crippen molar-refractivity contribution in [1.82, 2.24) is 19.7 Å². The Balaban J connectivity index is 1.75. The second-order valence-corrected chi connectivity index (χ2v) is 6.65. The Morgan fingerprint density at radius 2 is 1.92 bits per heavy atom. The molecular weight excluding hydrogens is 423 g/mol. The smallest absolute Gasteiger partial charge is 0.229 e. The monoisotopic (exact) mass is 432 g/mol. The topological polar surface area (TPSA) is 52.8 Å². The van der Waals surface area contributed by atoms with Gasteiger partial charge in [-0.15, -0.1) is 0 Å². The molecule has 2 heterocycles. The largest absolute Gasteiger partial charge is 0.472 e. The number of aromatic nitrogens is 4. The van der Waals surface area contributed by atoms with Gasteiger partial charge in [0, 0.05) is 4.47 Å². The highest BCUT2D eigenvalue weighted by Gasteiger charge is 2.16. The molecule has 0 amide bonds. The van der Waals surface area contributed by atoms with Crippen molar-refractivity contribution in [2.24, 2.45) is 0 Å². The standard InChI is InChI=1S/C18H11BrClFN4O/c19-14-8-12(21)6-7-15(14)25-16-13(9-22-25)17(24-18(20)23-16)26-10-11-4-2-1-3-5-11/h1-9H,10H2. The maximum Gasteiger partial charge on any atom is 0.229 e. The highest BCUT2D eigenvalue weighted by Crippen LogP contribution is 2.29. The SMILES string of the molecule is Fc1ccc(-n2ncc3c(OCc4ccccc4)nc(Cl)nc32)c(Br)c1. The molecule has 130 valence electrons. The Morgan fingerprint density at radius 1 is 1.12 bits per heavy atom. The number of rotatable bonds is 4. The van der Waals surface area contributed by atoms with Gasteiger partial charge in [0.15, 0.2) is 5.65 Å². The van der Waals surface area contributed by atoms with E-state index in [0.717, 1.165) is 5.56 Å². The molecule has 0 N–H and O–H groups in total. The molecule has 0 fully saturated rings. The summed E-state index contributed by atoms with van der Waals surface area (Å²) in [5.74, 6) is -0.00929. The summed E-state index contributed by atoms with van der Waals surface area (Å²) in [7, 11) is 0. The molecule has 0 bridgehead atoms. The van der Waals surface area contributed by atoms with E-state index in [1.807, 2.05) is 30.3 Å². The highest BCUT2D eigenvalue weighted by atomic mass is 79.9. The Labute approximate surface area is 161 Å². The number of ether oxygens (including phenoxy) is 1. The zero-order valence-corrected chi connectivity index (χ0v) is 15.6. The molecule has 0 saturated carbocycles.